The third kappa shape index (κ3) is 4.50. The maximum absolute atomic E-state index is 12.9. The molecule has 2 aromatic carbocycles. The highest BCUT2D eigenvalue weighted by Gasteiger charge is 2.30. The number of hydrogen-bond donors (Lipinski definition) is 1. The number of anilines is 1. The predicted octanol–water partition coefficient (Wildman–Crippen LogP) is 3.86. The van der Waals surface area contributed by atoms with Crippen LogP contribution in [0.1, 0.15) is 43.0 Å². The van der Waals surface area contributed by atoms with E-state index >= 15 is 0 Å². The van der Waals surface area contributed by atoms with Crippen LogP contribution in [0.5, 0.6) is 0 Å². The first-order valence-electron chi connectivity index (χ1n) is 9.34. The summed E-state index contributed by atoms with van der Waals surface area (Å²) in [6.45, 7) is 3.48. The molecule has 28 heavy (non-hydrogen) atoms. The number of nitrogens with zero attached hydrogens (tertiary/aromatic N) is 1. The summed E-state index contributed by atoms with van der Waals surface area (Å²) in [5, 5.41) is 3.35. The van der Waals surface area contributed by atoms with Gasteiger partial charge >= 0.3 is 0 Å². The fraction of sp³-hybridized carbons (Fsp3) is 0.381. The van der Waals surface area contributed by atoms with Crippen molar-refractivity contribution in [2.24, 2.45) is 0 Å². The lowest BCUT2D eigenvalue weighted by molar-refractivity contribution is -0.122. The molecular weight excluding hydrogens is 396 g/mol. The average Bonchev–Trinajstić information content (AvgIpc) is 3.08. The normalized spacial score (nSPS) is 15.6. The number of nitrogens with one attached hydrogen (secondary N) is 1. The third-order valence-corrected chi connectivity index (χ3v) is 6.61. The largest absolute Gasteiger partial charge is 0.348 e. The fourth-order valence-corrected chi connectivity index (χ4v) is 5.05. The van der Waals surface area contributed by atoms with E-state index in [-0.39, 0.29) is 11.9 Å². The zero-order valence-corrected chi connectivity index (χ0v) is 17.8. The Morgan fingerprint density at radius 3 is 2.50 bits per heavy atom. The Hall–Kier alpha value is -2.05. The van der Waals surface area contributed by atoms with Crippen LogP contribution in [0.2, 0.25) is 5.02 Å². The molecule has 150 valence electrons. The van der Waals surface area contributed by atoms with E-state index in [2.05, 4.69) is 17.4 Å². The third-order valence-electron chi connectivity index (χ3n) is 5.13. The molecule has 7 heteroatoms. The van der Waals surface area contributed by atoms with Crippen molar-refractivity contribution in [1.82, 2.24) is 5.32 Å². The number of rotatable bonds is 6. The Bertz CT molecular complexity index is 991. The Morgan fingerprint density at radius 2 is 1.82 bits per heavy atom. The summed E-state index contributed by atoms with van der Waals surface area (Å²) in [5.41, 5.74) is 4.10. The van der Waals surface area contributed by atoms with E-state index in [0.29, 0.717) is 10.7 Å². The van der Waals surface area contributed by atoms with Gasteiger partial charge in [0.05, 0.1) is 18.0 Å². The molecule has 3 rings (SSSR count). The predicted molar refractivity (Wildman–Crippen MR) is 113 cm³/mol. The minimum absolute atomic E-state index is 0.221. The van der Waals surface area contributed by atoms with Crippen LogP contribution >= 0.6 is 11.6 Å². The maximum atomic E-state index is 12.9. The average molecular weight is 421 g/mol. The van der Waals surface area contributed by atoms with Gasteiger partial charge in [0.2, 0.25) is 15.9 Å². The molecule has 5 nitrogen and oxygen atoms in total. The Labute approximate surface area is 171 Å². The first-order chi connectivity index (χ1) is 13.2. The molecule has 1 aliphatic carbocycles. The van der Waals surface area contributed by atoms with Crippen LogP contribution in [0.4, 0.5) is 5.69 Å². The van der Waals surface area contributed by atoms with Crippen molar-refractivity contribution in [3.05, 3.63) is 64.2 Å². The van der Waals surface area contributed by atoms with Gasteiger partial charge in [-0.05, 0) is 68.0 Å². The van der Waals surface area contributed by atoms with E-state index in [1.807, 2.05) is 13.0 Å². The van der Waals surface area contributed by atoms with E-state index in [9.17, 15) is 13.2 Å². The minimum Gasteiger partial charge on any atom is -0.348 e. The highest BCUT2D eigenvalue weighted by Crippen LogP contribution is 2.27. The smallest absolute Gasteiger partial charge is 0.244 e. The van der Waals surface area contributed by atoms with Crippen molar-refractivity contribution in [3.8, 4) is 0 Å². The van der Waals surface area contributed by atoms with Crippen molar-refractivity contribution in [2.75, 3.05) is 10.6 Å². The maximum Gasteiger partial charge on any atom is 0.244 e. The van der Waals surface area contributed by atoms with Crippen molar-refractivity contribution < 1.29 is 13.2 Å². The first kappa shape index (κ1) is 20.7. The van der Waals surface area contributed by atoms with Crippen molar-refractivity contribution in [1.29, 1.82) is 0 Å². The number of aryl methyl sites for hydroxylation is 2. The van der Waals surface area contributed by atoms with Gasteiger partial charge in [0.25, 0.3) is 0 Å². The van der Waals surface area contributed by atoms with Gasteiger partial charge in [-0.2, -0.15) is 0 Å². The molecule has 0 saturated carbocycles. The zero-order valence-electron chi connectivity index (χ0n) is 16.3. The van der Waals surface area contributed by atoms with Crippen molar-refractivity contribution in [2.45, 2.75) is 45.2 Å². The number of fused-ring (bicyclic) bond motifs is 1. The fourth-order valence-electron chi connectivity index (χ4n) is 3.70. The summed E-state index contributed by atoms with van der Waals surface area (Å²) < 4.78 is 25.9. The van der Waals surface area contributed by atoms with E-state index in [1.165, 1.54) is 23.6 Å². The number of carbonyl (C=O) groups is 1. The summed E-state index contributed by atoms with van der Waals surface area (Å²) in [6, 6.07) is 11.6. The van der Waals surface area contributed by atoms with Crippen LogP contribution in [-0.4, -0.2) is 26.6 Å². The second-order valence-corrected chi connectivity index (χ2v) is 9.62. The molecule has 0 spiro atoms. The summed E-state index contributed by atoms with van der Waals surface area (Å²) in [4.78, 5) is 12.9. The van der Waals surface area contributed by atoms with Crippen molar-refractivity contribution >= 4 is 33.2 Å². The molecule has 0 heterocycles. The molecule has 0 fully saturated rings. The van der Waals surface area contributed by atoms with E-state index < -0.39 is 16.1 Å². The summed E-state index contributed by atoms with van der Waals surface area (Å²) in [6.07, 6.45) is 4.42. The number of sulfonamides is 1. The highest BCUT2D eigenvalue weighted by molar-refractivity contribution is 7.92. The number of hydrogen-bond acceptors (Lipinski definition) is 3. The van der Waals surface area contributed by atoms with Crippen LogP contribution in [0.25, 0.3) is 0 Å². The van der Waals surface area contributed by atoms with Gasteiger partial charge in [-0.25, -0.2) is 8.42 Å². The van der Waals surface area contributed by atoms with E-state index in [4.69, 9.17) is 11.6 Å². The molecule has 2 atom stereocenters. The Kier molecular flexibility index (Phi) is 6.01. The van der Waals surface area contributed by atoms with E-state index in [0.717, 1.165) is 29.0 Å². The molecule has 0 saturated heterocycles. The van der Waals surface area contributed by atoms with Gasteiger partial charge in [0.1, 0.15) is 6.04 Å². The zero-order chi connectivity index (χ0) is 20.5. The van der Waals surface area contributed by atoms with Gasteiger partial charge in [0.15, 0.2) is 0 Å². The molecular formula is C21H25ClN2O3S. The number of halogens is 1. The Morgan fingerprint density at radius 1 is 1.11 bits per heavy atom. The van der Waals surface area contributed by atoms with Crippen LogP contribution < -0.4 is 9.62 Å². The number of amides is 1. The summed E-state index contributed by atoms with van der Waals surface area (Å²) >= 11 is 6.01. The molecule has 2 aromatic rings. The van der Waals surface area contributed by atoms with Crippen LogP contribution in [0, 0.1) is 0 Å². The monoisotopic (exact) mass is 420 g/mol. The molecule has 1 aliphatic rings. The first-order valence-corrected chi connectivity index (χ1v) is 11.6. The van der Waals surface area contributed by atoms with E-state index in [1.54, 1.807) is 25.1 Å². The standard InChI is InChI=1S/C21H25ClN2O3S/c1-14(17-11-10-16-6-4-7-18(16)12-17)23-21(25)15(2)24(28(3,26)27)20-9-5-8-19(22)13-20/h5,8-15H,4,6-7H2,1-3H3,(H,23,25). The number of carbonyl (C=O) groups excluding carboxylic acids is 1. The molecule has 1 amide bonds. The molecule has 0 aliphatic heterocycles. The summed E-state index contributed by atoms with van der Waals surface area (Å²) in [5.74, 6) is -0.363. The van der Waals surface area contributed by atoms with Gasteiger partial charge in [-0.1, -0.05) is 35.9 Å². The molecule has 0 radical (unpaired) electrons. The topological polar surface area (TPSA) is 66.5 Å². The molecule has 0 aromatic heterocycles. The minimum atomic E-state index is -3.67. The second-order valence-electron chi connectivity index (χ2n) is 7.33. The molecule has 0 bridgehead atoms. The van der Waals surface area contributed by atoms with Gasteiger partial charge in [0, 0.05) is 5.02 Å². The lowest BCUT2D eigenvalue weighted by Gasteiger charge is -2.29. The molecule has 2 unspecified atom stereocenters. The quantitative estimate of drug-likeness (QED) is 0.771. The van der Waals surface area contributed by atoms with Crippen molar-refractivity contribution in [3.63, 3.8) is 0 Å². The second kappa shape index (κ2) is 8.13. The highest BCUT2D eigenvalue weighted by atomic mass is 35.5. The van der Waals surface area contributed by atoms with Gasteiger partial charge in [-0.15, -0.1) is 0 Å². The van der Waals surface area contributed by atoms with Crippen LogP contribution in [0.15, 0.2) is 42.5 Å². The van der Waals surface area contributed by atoms with Crippen LogP contribution in [0.3, 0.4) is 0 Å². The molecule has 1 N–H and O–H groups in total. The van der Waals surface area contributed by atoms with Crippen LogP contribution in [-0.2, 0) is 27.7 Å². The lowest BCUT2D eigenvalue weighted by atomic mass is 10.0. The van der Waals surface area contributed by atoms with Gasteiger partial charge < -0.3 is 5.32 Å². The summed E-state index contributed by atoms with van der Waals surface area (Å²) in [7, 11) is -3.67. The Balaban J connectivity index is 1.79. The lowest BCUT2D eigenvalue weighted by Crippen LogP contribution is -2.48. The SMILES string of the molecule is CC(NC(=O)C(C)N(c1cccc(Cl)c1)S(C)(=O)=O)c1ccc2c(c1)CCC2. The van der Waals surface area contributed by atoms with Gasteiger partial charge in [-0.3, -0.25) is 9.10 Å². The number of benzene rings is 2.